The van der Waals surface area contributed by atoms with Gasteiger partial charge in [-0.3, -0.25) is 14.8 Å². The van der Waals surface area contributed by atoms with Crippen molar-refractivity contribution in [2.45, 2.75) is 19.9 Å². The zero-order chi connectivity index (χ0) is 20.1. The summed E-state index contributed by atoms with van der Waals surface area (Å²) in [5, 5.41) is 0. The van der Waals surface area contributed by atoms with Gasteiger partial charge in [-0.05, 0) is 38.1 Å². The Morgan fingerprint density at radius 2 is 1.86 bits per heavy atom. The number of hydrogen-bond donors (Lipinski definition) is 0. The fourth-order valence-electron chi connectivity index (χ4n) is 3.05. The molecule has 0 aliphatic heterocycles. The summed E-state index contributed by atoms with van der Waals surface area (Å²) >= 11 is 0. The Morgan fingerprint density at radius 1 is 1.11 bits per heavy atom. The summed E-state index contributed by atoms with van der Waals surface area (Å²) in [6.45, 7) is 4.21. The second kappa shape index (κ2) is 8.71. The maximum absolute atomic E-state index is 13.0. The lowest BCUT2D eigenvalue weighted by Gasteiger charge is -2.27. The smallest absolute Gasteiger partial charge is 0.254 e. The van der Waals surface area contributed by atoms with E-state index in [0.29, 0.717) is 12.2 Å². The Hall–Kier alpha value is -3.12. The van der Waals surface area contributed by atoms with Gasteiger partial charge in [-0.25, -0.2) is 4.98 Å². The monoisotopic (exact) mass is 376 g/mol. The van der Waals surface area contributed by atoms with E-state index in [9.17, 15) is 4.79 Å². The Labute approximate surface area is 165 Å². The zero-order valence-electron chi connectivity index (χ0n) is 16.6. The maximum Gasteiger partial charge on any atom is 0.254 e. The fraction of sp³-hybridized carbons (Fsp3) is 0.273. The van der Waals surface area contributed by atoms with Crippen LogP contribution in [0.1, 0.15) is 33.5 Å². The molecule has 1 amide bonds. The van der Waals surface area contributed by atoms with Crippen LogP contribution in [0.2, 0.25) is 0 Å². The topological polar surface area (TPSA) is 68.2 Å². The molecule has 2 aromatic heterocycles. The number of pyridine rings is 1. The summed E-state index contributed by atoms with van der Waals surface area (Å²) in [5.41, 5.74) is 4.88. The molecule has 3 rings (SSSR count). The number of carbonyl (C=O) groups is 1. The highest BCUT2D eigenvalue weighted by atomic mass is 16.5. The number of rotatable bonds is 6. The SMILES string of the molecule is COCC(c1ccccn1)N(C)C(=O)c1ccc(-c2nc(C)cnc2C)cc1. The lowest BCUT2D eigenvalue weighted by Crippen LogP contribution is -2.34. The van der Waals surface area contributed by atoms with Gasteiger partial charge in [0.1, 0.15) is 0 Å². The predicted octanol–water partition coefficient (Wildman–Crippen LogP) is 3.62. The fourth-order valence-corrected chi connectivity index (χ4v) is 3.05. The van der Waals surface area contributed by atoms with E-state index < -0.39 is 0 Å². The molecule has 0 aliphatic rings. The van der Waals surface area contributed by atoms with Gasteiger partial charge in [0.25, 0.3) is 5.91 Å². The van der Waals surface area contributed by atoms with Crippen molar-refractivity contribution in [2.75, 3.05) is 20.8 Å². The minimum Gasteiger partial charge on any atom is -0.382 e. The Kier molecular flexibility index (Phi) is 6.11. The number of likely N-dealkylation sites (N-methyl/N-ethyl adjacent to an activating group) is 1. The molecule has 144 valence electrons. The molecule has 0 radical (unpaired) electrons. The minimum absolute atomic E-state index is 0.0914. The number of aromatic nitrogens is 3. The first kappa shape index (κ1) is 19.6. The van der Waals surface area contributed by atoms with Crippen molar-refractivity contribution in [1.29, 1.82) is 0 Å². The third-order valence-corrected chi connectivity index (χ3v) is 4.62. The minimum atomic E-state index is -0.261. The number of ether oxygens (including phenoxy) is 1. The van der Waals surface area contributed by atoms with Gasteiger partial charge in [0.2, 0.25) is 0 Å². The quantitative estimate of drug-likeness (QED) is 0.657. The van der Waals surface area contributed by atoms with E-state index in [2.05, 4.69) is 15.0 Å². The highest BCUT2D eigenvalue weighted by Crippen LogP contribution is 2.23. The number of amides is 1. The van der Waals surface area contributed by atoms with Crippen LogP contribution in [0.4, 0.5) is 0 Å². The van der Waals surface area contributed by atoms with Crippen LogP contribution in [0.15, 0.2) is 54.9 Å². The largest absolute Gasteiger partial charge is 0.382 e. The van der Waals surface area contributed by atoms with Gasteiger partial charge in [0, 0.05) is 37.7 Å². The lowest BCUT2D eigenvalue weighted by atomic mass is 10.1. The summed E-state index contributed by atoms with van der Waals surface area (Å²) in [6.07, 6.45) is 3.47. The Balaban J connectivity index is 1.84. The normalized spacial score (nSPS) is 11.9. The highest BCUT2D eigenvalue weighted by molar-refractivity contribution is 5.94. The molecule has 1 aromatic carbocycles. The third-order valence-electron chi connectivity index (χ3n) is 4.62. The molecule has 6 nitrogen and oxygen atoms in total. The molecule has 6 heteroatoms. The molecule has 0 saturated carbocycles. The molecule has 0 bridgehead atoms. The molecule has 1 atom stereocenters. The summed E-state index contributed by atoms with van der Waals surface area (Å²) in [6, 6.07) is 12.8. The van der Waals surface area contributed by atoms with Gasteiger partial charge in [-0.2, -0.15) is 0 Å². The number of methoxy groups -OCH3 is 1. The van der Waals surface area contributed by atoms with E-state index in [1.165, 1.54) is 0 Å². The van der Waals surface area contributed by atoms with Gasteiger partial charge in [0.15, 0.2) is 0 Å². The summed E-state index contributed by atoms with van der Waals surface area (Å²) in [4.78, 5) is 28.0. The van der Waals surface area contributed by atoms with Crippen molar-refractivity contribution in [2.24, 2.45) is 0 Å². The maximum atomic E-state index is 13.0. The molecule has 28 heavy (non-hydrogen) atoms. The molecular weight excluding hydrogens is 352 g/mol. The number of nitrogens with zero attached hydrogens (tertiary/aromatic N) is 4. The molecule has 3 aromatic rings. The zero-order valence-corrected chi connectivity index (χ0v) is 16.6. The van der Waals surface area contributed by atoms with Crippen molar-refractivity contribution in [3.63, 3.8) is 0 Å². The second-order valence-corrected chi connectivity index (χ2v) is 6.66. The van der Waals surface area contributed by atoms with E-state index in [-0.39, 0.29) is 11.9 Å². The summed E-state index contributed by atoms with van der Waals surface area (Å²) < 4.78 is 5.32. The number of hydrogen-bond acceptors (Lipinski definition) is 5. The van der Waals surface area contributed by atoms with Gasteiger partial charge in [-0.1, -0.05) is 18.2 Å². The first-order valence-electron chi connectivity index (χ1n) is 9.09. The van der Waals surface area contributed by atoms with Crippen molar-refractivity contribution in [3.05, 3.63) is 77.5 Å². The van der Waals surface area contributed by atoms with E-state index in [1.54, 1.807) is 31.5 Å². The van der Waals surface area contributed by atoms with E-state index in [4.69, 9.17) is 4.74 Å². The number of carbonyl (C=O) groups excluding carboxylic acids is 1. The molecule has 0 N–H and O–H groups in total. The first-order chi connectivity index (χ1) is 13.5. The van der Waals surface area contributed by atoms with Crippen molar-refractivity contribution in [3.8, 4) is 11.3 Å². The average molecular weight is 376 g/mol. The van der Waals surface area contributed by atoms with Gasteiger partial charge in [0.05, 0.1) is 35.4 Å². The van der Waals surface area contributed by atoms with Crippen LogP contribution in [0.3, 0.4) is 0 Å². The van der Waals surface area contributed by atoms with Crippen LogP contribution in [0.5, 0.6) is 0 Å². The summed E-state index contributed by atoms with van der Waals surface area (Å²) in [5.74, 6) is -0.0914. The lowest BCUT2D eigenvalue weighted by molar-refractivity contribution is 0.0595. The first-order valence-corrected chi connectivity index (χ1v) is 9.09. The van der Waals surface area contributed by atoms with Crippen LogP contribution >= 0.6 is 0 Å². The Bertz CT molecular complexity index is 943. The van der Waals surface area contributed by atoms with Crippen molar-refractivity contribution in [1.82, 2.24) is 19.9 Å². The predicted molar refractivity (Wildman–Crippen MR) is 108 cm³/mol. The van der Waals surface area contributed by atoms with Crippen LogP contribution in [-0.2, 0) is 4.74 Å². The molecule has 0 fully saturated rings. The second-order valence-electron chi connectivity index (χ2n) is 6.66. The van der Waals surface area contributed by atoms with Crippen LogP contribution in [-0.4, -0.2) is 46.5 Å². The molecule has 2 heterocycles. The van der Waals surface area contributed by atoms with E-state index >= 15 is 0 Å². The van der Waals surface area contributed by atoms with Gasteiger partial charge < -0.3 is 9.64 Å². The number of aryl methyl sites for hydroxylation is 2. The van der Waals surface area contributed by atoms with Gasteiger partial charge >= 0.3 is 0 Å². The average Bonchev–Trinajstić information content (AvgIpc) is 2.73. The molecule has 0 saturated heterocycles. The van der Waals surface area contributed by atoms with Crippen molar-refractivity contribution < 1.29 is 9.53 Å². The molecular formula is C22H24N4O2. The third kappa shape index (κ3) is 4.23. The van der Waals surface area contributed by atoms with E-state index in [0.717, 1.165) is 28.3 Å². The van der Waals surface area contributed by atoms with Crippen LogP contribution in [0.25, 0.3) is 11.3 Å². The number of benzene rings is 1. The highest BCUT2D eigenvalue weighted by Gasteiger charge is 2.23. The van der Waals surface area contributed by atoms with Crippen molar-refractivity contribution >= 4 is 5.91 Å². The van der Waals surface area contributed by atoms with Crippen LogP contribution in [0, 0.1) is 13.8 Å². The Morgan fingerprint density at radius 3 is 2.50 bits per heavy atom. The van der Waals surface area contributed by atoms with Gasteiger partial charge in [-0.15, -0.1) is 0 Å². The standard InChI is InChI=1S/C22H24N4O2/c1-15-13-24-16(2)21(25-15)17-8-10-18(11-9-17)22(27)26(3)20(14-28-4)19-7-5-6-12-23-19/h5-13,20H,14H2,1-4H3. The summed E-state index contributed by atoms with van der Waals surface area (Å²) in [7, 11) is 3.39. The van der Waals surface area contributed by atoms with E-state index in [1.807, 2.05) is 56.3 Å². The van der Waals surface area contributed by atoms with Crippen LogP contribution < -0.4 is 0 Å². The molecule has 0 aliphatic carbocycles. The molecule has 0 spiro atoms. The molecule has 1 unspecified atom stereocenters.